The van der Waals surface area contributed by atoms with Crippen molar-refractivity contribution < 1.29 is 8.42 Å². The molecule has 0 saturated carbocycles. The van der Waals surface area contributed by atoms with E-state index in [1.165, 1.54) is 6.26 Å². The highest BCUT2D eigenvalue weighted by Gasteiger charge is 2.30. The molecule has 15 heavy (non-hydrogen) atoms. The molecular formula is C10H14N2O2S. The number of pyridine rings is 1. The molecule has 0 N–H and O–H groups in total. The van der Waals surface area contributed by atoms with Crippen LogP contribution in [0.4, 0.5) is 5.82 Å². The highest BCUT2D eigenvalue weighted by molar-refractivity contribution is 7.91. The van der Waals surface area contributed by atoms with Crippen molar-refractivity contribution in [3.05, 3.63) is 24.4 Å². The molecule has 1 aliphatic heterocycles. The van der Waals surface area contributed by atoms with E-state index < -0.39 is 9.84 Å². The second-order valence-electron chi connectivity index (χ2n) is 3.87. The first-order valence-corrected chi connectivity index (χ1v) is 6.87. The summed E-state index contributed by atoms with van der Waals surface area (Å²) in [5, 5.41) is -0.237. The Labute approximate surface area is 89.9 Å². The minimum atomic E-state index is -2.91. The number of sulfone groups is 1. The third kappa shape index (κ3) is 2.28. The Morgan fingerprint density at radius 2 is 2.27 bits per heavy atom. The molecule has 0 radical (unpaired) electrons. The van der Waals surface area contributed by atoms with Gasteiger partial charge < -0.3 is 4.90 Å². The average Bonchev–Trinajstić information content (AvgIpc) is 2.67. The van der Waals surface area contributed by atoms with Gasteiger partial charge in [0, 0.05) is 25.5 Å². The standard InChI is InChI=1S/C10H14N2O2S/c1-15(13,14)9-5-7-12(8-9)10-4-2-3-6-11-10/h2-4,6,9H,5,7-8H2,1H3. The minimum Gasteiger partial charge on any atom is -0.355 e. The lowest BCUT2D eigenvalue weighted by Gasteiger charge is -2.16. The Morgan fingerprint density at radius 3 is 2.80 bits per heavy atom. The number of aromatic nitrogens is 1. The molecule has 1 saturated heterocycles. The quantitative estimate of drug-likeness (QED) is 0.745. The van der Waals surface area contributed by atoms with E-state index >= 15 is 0 Å². The summed E-state index contributed by atoms with van der Waals surface area (Å²) in [5.74, 6) is 0.864. The first-order valence-electron chi connectivity index (χ1n) is 4.92. The average molecular weight is 226 g/mol. The van der Waals surface area contributed by atoms with Gasteiger partial charge in [-0.25, -0.2) is 13.4 Å². The predicted molar refractivity (Wildman–Crippen MR) is 59.7 cm³/mol. The fourth-order valence-corrected chi connectivity index (χ4v) is 2.81. The molecule has 1 fully saturated rings. The molecule has 1 unspecified atom stereocenters. The van der Waals surface area contributed by atoms with Crippen molar-refractivity contribution in [3.8, 4) is 0 Å². The highest BCUT2D eigenvalue weighted by Crippen LogP contribution is 2.21. The second-order valence-corrected chi connectivity index (χ2v) is 6.20. The summed E-state index contributed by atoms with van der Waals surface area (Å²) in [6, 6.07) is 5.67. The van der Waals surface area contributed by atoms with Gasteiger partial charge in [0.25, 0.3) is 0 Å². The number of hydrogen-bond donors (Lipinski definition) is 0. The van der Waals surface area contributed by atoms with Gasteiger partial charge in [0.2, 0.25) is 0 Å². The predicted octanol–water partition coefficient (Wildman–Crippen LogP) is 0.705. The molecule has 2 rings (SSSR count). The summed E-state index contributed by atoms with van der Waals surface area (Å²) >= 11 is 0. The van der Waals surface area contributed by atoms with Gasteiger partial charge in [0.15, 0.2) is 9.84 Å². The van der Waals surface area contributed by atoms with Gasteiger partial charge in [0.1, 0.15) is 5.82 Å². The Balaban J connectivity index is 2.12. The van der Waals surface area contributed by atoms with E-state index in [4.69, 9.17) is 0 Å². The van der Waals surface area contributed by atoms with Crippen LogP contribution < -0.4 is 4.90 Å². The highest BCUT2D eigenvalue weighted by atomic mass is 32.2. The van der Waals surface area contributed by atoms with E-state index in [0.29, 0.717) is 13.0 Å². The van der Waals surface area contributed by atoms with Gasteiger partial charge >= 0.3 is 0 Å². The van der Waals surface area contributed by atoms with Gasteiger partial charge in [-0.1, -0.05) is 6.07 Å². The lowest BCUT2D eigenvalue weighted by molar-refractivity contribution is 0.589. The second kappa shape index (κ2) is 3.81. The largest absolute Gasteiger partial charge is 0.355 e. The van der Waals surface area contributed by atoms with Gasteiger partial charge in [-0.3, -0.25) is 0 Å². The Bertz CT molecular complexity index is 430. The molecule has 1 aromatic rings. The SMILES string of the molecule is CS(=O)(=O)C1CCN(c2ccccn2)C1. The maximum atomic E-state index is 11.4. The van der Waals surface area contributed by atoms with Crippen molar-refractivity contribution in [2.24, 2.45) is 0 Å². The fraction of sp³-hybridized carbons (Fsp3) is 0.500. The zero-order valence-corrected chi connectivity index (χ0v) is 9.44. The smallest absolute Gasteiger partial charge is 0.152 e. The van der Waals surface area contributed by atoms with Crippen molar-refractivity contribution in [1.29, 1.82) is 0 Å². The van der Waals surface area contributed by atoms with Gasteiger partial charge in [-0.05, 0) is 18.6 Å². The zero-order chi connectivity index (χ0) is 10.9. The number of hydrogen-bond acceptors (Lipinski definition) is 4. The molecule has 1 aliphatic rings. The normalized spacial score (nSPS) is 21.9. The van der Waals surface area contributed by atoms with Crippen LogP contribution in [0.1, 0.15) is 6.42 Å². The molecule has 1 aromatic heterocycles. The van der Waals surface area contributed by atoms with Crippen molar-refractivity contribution in [1.82, 2.24) is 4.98 Å². The molecule has 0 spiro atoms. The summed E-state index contributed by atoms with van der Waals surface area (Å²) < 4.78 is 22.7. The van der Waals surface area contributed by atoms with Crippen LogP contribution in [0.25, 0.3) is 0 Å². The van der Waals surface area contributed by atoms with Crippen LogP contribution in [0.3, 0.4) is 0 Å². The van der Waals surface area contributed by atoms with Crippen LogP contribution in [0, 0.1) is 0 Å². The number of rotatable bonds is 2. The van der Waals surface area contributed by atoms with E-state index in [2.05, 4.69) is 4.98 Å². The van der Waals surface area contributed by atoms with Gasteiger partial charge in [-0.2, -0.15) is 0 Å². The lowest BCUT2D eigenvalue weighted by Crippen LogP contribution is -2.26. The Hall–Kier alpha value is -1.10. The third-order valence-electron chi connectivity index (χ3n) is 2.72. The molecule has 82 valence electrons. The lowest BCUT2D eigenvalue weighted by atomic mass is 10.4. The van der Waals surface area contributed by atoms with Crippen LogP contribution in [0.5, 0.6) is 0 Å². The van der Waals surface area contributed by atoms with Crippen LogP contribution in [0.15, 0.2) is 24.4 Å². The van der Waals surface area contributed by atoms with Crippen molar-refractivity contribution in [3.63, 3.8) is 0 Å². The summed E-state index contributed by atoms with van der Waals surface area (Å²) in [5.41, 5.74) is 0. The molecule has 0 aromatic carbocycles. The van der Waals surface area contributed by atoms with E-state index in [1.807, 2.05) is 23.1 Å². The molecule has 0 amide bonds. The van der Waals surface area contributed by atoms with E-state index in [9.17, 15) is 8.42 Å². The fourth-order valence-electron chi connectivity index (χ4n) is 1.83. The molecule has 0 bridgehead atoms. The number of nitrogens with zero attached hydrogens (tertiary/aromatic N) is 2. The summed E-state index contributed by atoms with van der Waals surface area (Å²) in [6.07, 6.45) is 3.73. The first kappa shape index (κ1) is 10.4. The molecule has 0 aliphatic carbocycles. The topological polar surface area (TPSA) is 50.3 Å². The van der Waals surface area contributed by atoms with E-state index in [0.717, 1.165) is 12.4 Å². The summed E-state index contributed by atoms with van der Waals surface area (Å²) in [7, 11) is -2.91. The number of anilines is 1. The van der Waals surface area contributed by atoms with Crippen molar-refractivity contribution in [2.45, 2.75) is 11.7 Å². The maximum absolute atomic E-state index is 11.4. The summed E-state index contributed by atoms with van der Waals surface area (Å²) in [4.78, 5) is 6.23. The summed E-state index contributed by atoms with van der Waals surface area (Å²) in [6.45, 7) is 1.34. The van der Waals surface area contributed by atoms with Crippen molar-refractivity contribution in [2.75, 3.05) is 24.2 Å². The maximum Gasteiger partial charge on any atom is 0.152 e. The molecular weight excluding hydrogens is 212 g/mol. The molecule has 4 nitrogen and oxygen atoms in total. The molecule has 1 atom stereocenters. The van der Waals surface area contributed by atoms with Crippen molar-refractivity contribution >= 4 is 15.7 Å². The van der Waals surface area contributed by atoms with Crippen LogP contribution in [-0.4, -0.2) is 38.0 Å². The van der Waals surface area contributed by atoms with Crippen LogP contribution >= 0.6 is 0 Å². The van der Waals surface area contributed by atoms with E-state index in [-0.39, 0.29) is 5.25 Å². The third-order valence-corrected chi connectivity index (χ3v) is 4.32. The Morgan fingerprint density at radius 1 is 1.47 bits per heavy atom. The van der Waals surface area contributed by atoms with Crippen LogP contribution in [0.2, 0.25) is 0 Å². The van der Waals surface area contributed by atoms with E-state index in [1.54, 1.807) is 6.20 Å². The monoisotopic (exact) mass is 226 g/mol. The van der Waals surface area contributed by atoms with Gasteiger partial charge in [-0.15, -0.1) is 0 Å². The molecule has 5 heteroatoms. The first-order chi connectivity index (χ1) is 7.07. The zero-order valence-electron chi connectivity index (χ0n) is 8.63. The van der Waals surface area contributed by atoms with Gasteiger partial charge in [0.05, 0.1) is 5.25 Å². The Kier molecular flexibility index (Phi) is 2.65. The minimum absolute atomic E-state index is 0.237. The van der Waals surface area contributed by atoms with Crippen LogP contribution in [-0.2, 0) is 9.84 Å². The molecule has 2 heterocycles.